The number of ether oxygens (including phenoxy) is 1. The molecule has 0 aliphatic carbocycles. The Bertz CT molecular complexity index is 428. The van der Waals surface area contributed by atoms with E-state index in [2.05, 4.69) is 4.72 Å². The quantitative estimate of drug-likeness (QED) is 0.727. The van der Waals surface area contributed by atoms with Gasteiger partial charge < -0.3 is 10.5 Å². The van der Waals surface area contributed by atoms with Crippen molar-refractivity contribution in [1.82, 2.24) is 0 Å². The first-order valence-electron chi connectivity index (χ1n) is 3.83. The van der Waals surface area contributed by atoms with Crippen LogP contribution < -0.4 is 15.2 Å². The van der Waals surface area contributed by atoms with Crippen LogP contribution in [0.2, 0.25) is 0 Å². The van der Waals surface area contributed by atoms with Gasteiger partial charge in [-0.25, -0.2) is 8.42 Å². The molecule has 14 heavy (non-hydrogen) atoms. The van der Waals surface area contributed by atoms with E-state index in [1.807, 2.05) is 0 Å². The Labute approximate surface area is 82.9 Å². The van der Waals surface area contributed by atoms with Crippen molar-refractivity contribution in [3.8, 4) is 5.75 Å². The van der Waals surface area contributed by atoms with Crippen LogP contribution in [-0.2, 0) is 10.0 Å². The van der Waals surface area contributed by atoms with Gasteiger partial charge in [-0.2, -0.15) is 0 Å². The molecule has 0 saturated carbocycles. The summed E-state index contributed by atoms with van der Waals surface area (Å²) in [4.78, 5) is 0. The SMILES string of the molecule is COc1ccc(N)cc1NS(C)(=O)=O. The molecule has 0 aliphatic heterocycles. The second-order valence-electron chi connectivity index (χ2n) is 2.83. The molecule has 0 amide bonds. The molecule has 0 heterocycles. The Hall–Kier alpha value is -1.43. The highest BCUT2D eigenvalue weighted by Crippen LogP contribution is 2.26. The van der Waals surface area contributed by atoms with E-state index in [-0.39, 0.29) is 0 Å². The van der Waals surface area contributed by atoms with Gasteiger partial charge in [0.25, 0.3) is 0 Å². The van der Waals surface area contributed by atoms with Crippen LogP contribution in [0.1, 0.15) is 0 Å². The fourth-order valence-corrected chi connectivity index (χ4v) is 1.56. The second kappa shape index (κ2) is 3.75. The van der Waals surface area contributed by atoms with E-state index in [0.29, 0.717) is 17.1 Å². The maximum absolute atomic E-state index is 11.0. The lowest BCUT2D eigenvalue weighted by atomic mass is 10.2. The average Bonchev–Trinajstić information content (AvgIpc) is 2.01. The fraction of sp³-hybridized carbons (Fsp3) is 0.250. The van der Waals surface area contributed by atoms with E-state index in [0.717, 1.165) is 6.26 Å². The van der Waals surface area contributed by atoms with Crippen molar-refractivity contribution in [2.45, 2.75) is 0 Å². The van der Waals surface area contributed by atoms with Crippen LogP contribution in [0, 0.1) is 0 Å². The number of methoxy groups -OCH3 is 1. The van der Waals surface area contributed by atoms with Gasteiger partial charge in [0.15, 0.2) is 0 Å². The van der Waals surface area contributed by atoms with E-state index in [1.54, 1.807) is 12.1 Å². The van der Waals surface area contributed by atoms with Gasteiger partial charge in [-0.15, -0.1) is 0 Å². The van der Waals surface area contributed by atoms with Gasteiger partial charge in [0.2, 0.25) is 10.0 Å². The minimum Gasteiger partial charge on any atom is -0.495 e. The van der Waals surface area contributed by atoms with Crippen molar-refractivity contribution in [3.05, 3.63) is 18.2 Å². The first-order valence-corrected chi connectivity index (χ1v) is 5.73. The van der Waals surface area contributed by atoms with Crippen LogP contribution in [0.15, 0.2) is 18.2 Å². The molecule has 0 atom stereocenters. The summed E-state index contributed by atoms with van der Waals surface area (Å²) in [5.74, 6) is 0.435. The summed E-state index contributed by atoms with van der Waals surface area (Å²) in [6.07, 6.45) is 1.07. The van der Waals surface area contributed by atoms with Gasteiger partial charge in [-0.05, 0) is 18.2 Å². The van der Waals surface area contributed by atoms with Gasteiger partial charge in [-0.1, -0.05) is 0 Å². The van der Waals surface area contributed by atoms with E-state index < -0.39 is 10.0 Å². The van der Waals surface area contributed by atoms with Crippen LogP contribution in [-0.4, -0.2) is 21.8 Å². The summed E-state index contributed by atoms with van der Waals surface area (Å²) in [5.41, 5.74) is 6.32. The van der Waals surface area contributed by atoms with E-state index >= 15 is 0 Å². The average molecular weight is 216 g/mol. The molecule has 1 aromatic carbocycles. The maximum Gasteiger partial charge on any atom is 0.229 e. The van der Waals surface area contributed by atoms with Crippen molar-refractivity contribution < 1.29 is 13.2 Å². The number of nitrogen functional groups attached to an aromatic ring is 1. The predicted molar refractivity (Wildman–Crippen MR) is 55.9 cm³/mol. The minimum atomic E-state index is -3.31. The molecule has 0 bridgehead atoms. The molecular formula is C8H12N2O3S. The van der Waals surface area contributed by atoms with Crippen molar-refractivity contribution in [3.63, 3.8) is 0 Å². The zero-order chi connectivity index (χ0) is 10.8. The van der Waals surface area contributed by atoms with Crippen LogP contribution >= 0.6 is 0 Å². The van der Waals surface area contributed by atoms with E-state index in [1.165, 1.54) is 13.2 Å². The smallest absolute Gasteiger partial charge is 0.229 e. The lowest BCUT2D eigenvalue weighted by Gasteiger charge is -2.09. The monoisotopic (exact) mass is 216 g/mol. The Morgan fingerprint density at radius 2 is 2.07 bits per heavy atom. The highest BCUT2D eigenvalue weighted by molar-refractivity contribution is 7.92. The molecule has 0 aromatic heterocycles. The Kier molecular flexibility index (Phi) is 2.85. The fourth-order valence-electron chi connectivity index (χ4n) is 1.01. The first-order chi connectivity index (χ1) is 6.42. The molecule has 0 radical (unpaired) electrons. The number of anilines is 2. The number of hydrogen-bond donors (Lipinski definition) is 2. The van der Waals surface area contributed by atoms with Gasteiger partial charge in [0.05, 0.1) is 19.1 Å². The Morgan fingerprint density at radius 3 is 2.57 bits per heavy atom. The molecule has 78 valence electrons. The third-order valence-corrected chi connectivity index (χ3v) is 2.11. The Morgan fingerprint density at radius 1 is 1.43 bits per heavy atom. The van der Waals surface area contributed by atoms with Crippen LogP contribution in [0.4, 0.5) is 11.4 Å². The number of nitrogens with two attached hydrogens (primary N) is 1. The molecule has 1 rings (SSSR count). The lowest BCUT2D eigenvalue weighted by molar-refractivity contribution is 0.417. The number of nitrogens with one attached hydrogen (secondary N) is 1. The standard InChI is InChI=1S/C8H12N2O3S/c1-13-8-4-3-6(9)5-7(8)10-14(2,11)12/h3-5,10H,9H2,1-2H3. The highest BCUT2D eigenvalue weighted by atomic mass is 32.2. The summed E-state index contributed by atoms with van der Waals surface area (Å²) in [7, 11) is -1.85. The van der Waals surface area contributed by atoms with Crippen LogP contribution in [0.25, 0.3) is 0 Å². The molecule has 0 unspecified atom stereocenters. The normalized spacial score (nSPS) is 11.0. The van der Waals surface area contributed by atoms with E-state index in [4.69, 9.17) is 10.5 Å². The molecule has 0 fully saturated rings. The molecule has 3 N–H and O–H groups in total. The van der Waals surface area contributed by atoms with Crippen molar-refractivity contribution in [2.75, 3.05) is 23.8 Å². The molecule has 0 spiro atoms. The molecule has 6 heteroatoms. The zero-order valence-electron chi connectivity index (χ0n) is 7.94. The molecular weight excluding hydrogens is 204 g/mol. The van der Waals surface area contributed by atoms with Gasteiger partial charge in [0.1, 0.15) is 5.75 Å². The lowest BCUT2D eigenvalue weighted by Crippen LogP contribution is -2.10. The zero-order valence-corrected chi connectivity index (χ0v) is 8.76. The summed E-state index contributed by atoms with van der Waals surface area (Å²) in [6.45, 7) is 0. The minimum absolute atomic E-state index is 0.343. The molecule has 0 aliphatic rings. The van der Waals surface area contributed by atoms with Gasteiger partial charge in [-0.3, -0.25) is 4.72 Å². The highest BCUT2D eigenvalue weighted by Gasteiger charge is 2.07. The van der Waals surface area contributed by atoms with Crippen LogP contribution in [0.3, 0.4) is 0 Å². The van der Waals surface area contributed by atoms with Crippen LogP contribution in [0.5, 0.6) is 5.75 Å². The van der Waals surface area contributed by atoms with Crippen molar-refractivity contribution in [1.29, 1.82) is 0 Å². The van der Waals surface area contributed by atoms with Gasteiger partial charge >= 0.3 is 0 Å². The van der Waals surface area contributed by atoms with Crippen molar-refractivity contribution in [2.24, 2.45) is 0 Å². The number of benzene rings is 1. The number of sulfonamides is 1. The van der Waals surface area contributed by atoms with Crippen molar-refractivity contribution >= 4 is 21.4 Å². The molecule has 0 saturated heterocycles. The molecule has 5 nitrogen and oxygen atoms in total. The first kappa shape index (κ1) is 10.6. The predicted octanol–water partition coefficient (Wildman–Crippen LogP) is 0.649. The maximum atomic E-state index is 11.0. The Balaban J connectivity index is 3.11. The second-order valence-corrected chi connectivity index (χ2v) is 4.58. The van der Waals surface area contributed by atoms with E-state index in [9.17, 15) is 8.42 Å². The largest absolute Gasteiger partial charge is 0.495 e. The third-order valence-electron chi connectivity index (χ3n) is 1.52. The number of hydrogen-bond acceptors (Lipinski definition) is 4. The summed E-state index contributed by atoms with van der Waals surface area (Å²) in [5, 5.41) is 0. The summed E-state index contributed by atoms with van der Waals surface area (Å²) in [6, 6.07) is 4.73. The number of rotatable bonds is 3. The van der Waals surface area contributed by atoms with Gasteiger partial charge in [0, 0.05) is 5.69 Å². The summed E-state index contributed by atoms with van der Waals surface area (Å²) < 4.78 is 29.2. The molecule has 1 aromatic rings. The topological polar surface area (TPSA) is 81.4 Å². The summed E-state index contributed by atoms with van der Waals surface area (Å²) >= 11 is 0. The third kappa shape index (κ3) is 2.81.